The molecule has 70 valence electrons. The third kappa shape index (κ3) is 0.667. The summed E-state index contributed by atoms with van der Waals surface area (Å²) in [5, 5.41) is 9.90. The zero-order valence-corrected chi connectivity index (χ0v) is 8.78. The predicted molar refractivity (Wildman–Crippen MR) is 50.3 cm³/mol. The van der Waals surface area contributed by atoms with E-state index in [1.807, 2.05) is 0 Å². The molecule has 2 aliphatic rings. The lowest BCUT2D eigenvalue weighted by Gasteiger charge is -2.38. The zero-order chi connectivity index (χ0) is 9.20. The fourth-order valence-corrected chi connectivity index (χ4v) is 3.52. The van der Waals surface area contributed by atoms with Gasteiger partial charge in [0.1, 0.15) is 0 Å². The summed E-state index contributed by atoms with van der Waals surface area (Å²) in [4.78, 5) is -0.138. The van der Waals surface area contributed by atoms with Crippen LogP contribution in [0.4, 0.5) is 0 Å². The number of hydrogen-bond acceptors (Lipinski definition) is 1. The first-order valence-corrected chi connectivity index (χ1v) is 5.08. The average molecular weight is 189 g/mol. The van der Waals surface area contributed by atoms with Crippen molar-refractivity contribution in [1.29, 1.82) is 0 Å². The van der Waals surface area contributed by atoms with Crippen molar-refractivity contribution < 1.29 is 5.11 Å². The van der Waals surface area contributed by atoms with Gasteiger partial charge in [-0.25, -0.2) is 0 Å². The molecule has 2 rings (SSSR count). The molecule has 0 radical (unpaired) electrons. The lowest BCUT2D eigenvalue weighted by Crippen LogP contribution is -2.37. The Morgan fingerprint density at radius 1 is 1.25 bits per heavy atom. The van der Waals surface area contributed by atoms with E-state index >= 15 is 0 Å². The van der Waals surface area contributed by atoms with Crippen LogP contribution >= 0.6 is 11.6 Å². The van der Waals surface area contributed by atoms with Crippen molar-refractivity contribution in [3.63, 3.8) is 0 Å². The minimum atomic E-state index is -0.196. The summed E-state index contributed by atoms with van der Waals surface area (Å²) in [6.07, 6.45) is 2.72. The summed E-state index contributed by atoms with van der Waals surface area (Å²) < 4.78 is 0. The minimum absolute atomic E-state index is 0.0503. The van der Waals surface area contributed by atoms with Gasteiger partial charge in [0.25, 0.3) is 0 Å². The van der Waals surface area contributed by atoms with Crippen molar-refractivity contribution in [1.82, 2.24) is 0 Å². The van der Waals surface area contributed by atoms with Crippen LogP contribution in [0.1, 0.15) is 40.0 Å². The van der Waals surface area contributed by atoms with Gasteiger partial charge in [0, 0.05) is 5.41 Å². The Bertz CT molecular complexity index is 223. The third-order valence-electron chi connectivity index (χ3n) is 4.84. The van der Waals surface area contributed by atoms with E-state index in [4.69, 9.17) is 11.6 Å². The predicted octanol–water partition coefficient (Wildman–Crippen LogP) is 2.55. The molecule has 2 heteroatoms. The second-order valence-corrected chi connectivity index (χ2v) is 5.95. The summed E-state index contributed by atoms with van der Waals surface area (Å²) in [5.41, 5.74) is 0.135. The number of hydrogen-bond donors (Lipinski definition) is 1. The third-order valence-corrected chi connectivity index (χ3v) is 5.66. The molecule has 0 aromatic carbocycles. The largest absolute Gasteiger partial charge is 0.392 e. The molecule has 0 aromatic heterocycles. The number of fused-ring (bicyclic) bond motifs is 2. The van der Waals surface area contributed by atoms with Crippen molar-refractivity contribution in [2.45, 2.75) is 51.0 Å². The lowest BCUT2D eigenvalue weighted by molar-refractivity contribution is 0.0128. The highest BCUT2D eigenvalue weighted by molar-refractivity contribution is 6.25. The van der Waals surface area contributed by atoms with Gasteiger partial charge in [0.2, 0.25) is 0 Å². The highest BCUT2D eigenvalue weighted by atomic mass is 35.5. The molecule has 2 aliphatic carbocycles. The number of aliphatic hydroxyl groups excluding tert-OH is 1. The van der Waals surface area contributed by atoms with E-state index in [0.717, 1.165) is 19.3 Å². The van der Waals surface area contributed by atoms with Crippen LogP contribution in [-0.4, -0.2) is 16.1 Å². The molecule has 2 bridgehead atoms. The Hall–Kier alpha value is 0.250. The van der Waals surface area contributed by atoms with Gasteiger partial charge in [-0.15, -0.1) is 11.6 Å². The second kappa shape index (κ2) is 2.01. The van der Waals surface area contributed by atoms with Gasteiger partial charge in [-0.05, 0) is 24.7 Å². The quantitative estimate of drug-likeness (QED) is 0.580. The van der Waals surface area contributed by atoms with Gasteiger partial charge in [0.05, 0.1) is 11.0 Å². The van der Waals surface area contributed by atoms with E-state index < -0.39 is 0 Å². The fraction of sp³-hybridized carbons (Fsp3) is 1.00. The maximum Gasteiger partial charge on any atom is 0.0616 e. The molecule has 0 unspecified atom stereocenters. The first-order chi connectivity index (χ1) is 5.33. The van der Waals surface area contributed by atoms with Gasteiger partial charge in [-0.2, -0.15) is 0 Å². The summed E-state index contributed by atoms with van der Waals surface area (Å²) in [7, 11) is 0. The Morgan fingerprint density at radius 2 is 1.83 bits per heavy atom. The molecule has 0 aromatic rings. The van der Waals surface area contributed by atoms with E-state index in [1.54, 1.807) is 0 Å². The molecule has 1 nitrogen and oxygen atoms in total. The van der Waals surface area contributed by atoms with Gasteiger partial charge < -0.3 is 5.11 Å². The highest BCUT2D eigenvalue weighted by Gasteiger charge is 2.68. The van der Waals surface area contributed by atoms with Crippen LogP contribution in [-0.2, 0) is 0 Å². The van der Waals surface area contributed by atoms with Crippen molar-refractivity contribution in [2.75, 3.05) is 0 Å². The van der Waals surface area contributed by atoms with Crippen molar-refractivity contribution in [3.05, 3.63) is 0 Å². The van der Waals surface area contributed by atoms with Gasteiger partial charge in [-0.3, -0.25) is 0 Å². The molecule has 2 saturated carbocycles. The standard InChI is InChI=1S/C10H17ClO/c1-8(2)9(3)4-5-10(8,11)6-7(9)12/h7,12H,4-6H2,1-3H3/t7-,9+,10+/m0/s1. The van der Waals surface area contributed by atoms with Gasteiger partial charge >= 0.3 is 0 Å². The van der Waals surface area contributed by atoms with Crippen LogP contribution in [0.3, 0.4) is 0 Å². The first-order valence-electron chi connectivity index (χ1n) is 4.70. The molecule has 1 N–H and O–H groups in total. The fourth-order valence-electron chi connectivity index (χ4n) is 3.07. The average Bonchev–Trinajstić information content (AvgIpc) is 2.18. The minimum Gasteiger partial charge on any atom is -0.392 e. The maximum atomic E-state index is 9.90. The topological polar surface area (TPSA) is 20.2 Å². The van der Waals surface area contributed by atoms with Gasteiger partial charge in [0.15, 0.2) is 0 Å². The molecule has 3 atom stereocenters. The van der Waals surface area contributed by atoms with E-state index in [2.05, 4.69) is 20.8 Å². The van der Waals surface area contributed by atoms with Crippen LogP contribution in [0, 0.1) is 10.8 Å². The van der Waals surface area contributed by atoms with Crippen molar-refractivity contribution >= 4 is 11.6 Å². The molecule has 0 spiro atoms. The number of rotatable bonds is 0. The molecule has 0 heterocycles. The molecule has 2 fully saturated rings. The van der Waals surface area contributed by atoms with Crippen LogP contribution in [0.15, 0.2) is 0 Å². The summed E-state index contributed by atoms with van der Waals surface area (Å²) in [5.74, 6) is 0. The second-order valence-electron chi connectivity index (χ2n) is 5.23. The molecular formula is C10H17ClO. The zero-order valence-electron chi connectivity index (χ0n) is 8.02. The van der Waals surface area contributed by atoms with E-state index in [9.17, 15) is 5.11 Å². The molecule has 0 aliphatic heterocycles. The molecule has 0 saturated heterocycles. The number of aliphatic hydroxyl groups is 1. The number of halogens is 1. The van der Waals surface area contributed by atoms with Crippen LogP contribution < -0.4 is 0 Å². The Kier molecular flexibility index (Phi) is 1.48. The summed E-state index contributed by atoms with van der Waals surface area (Å²) in [6.45, 7) is 6.57. The van der Waals surface area contributed by atoms with Crippen LogP contribution in [0.25, 0.3) is 0 Å². The van der Waals surface area contributed by atoms with Crippen LogP contribution in [0.2, 0.25) is 0 Å². The molecule has 12 heavy (non-hydrogen) atoms. The Balaban J connectivity index is 2.49. The Labute approximate surface area is 79.1 Å². The maximum absolute atomic E-state index is 9.90. The van der Waals surface area contributed by atoms with Crippen molar-refractivity contribution in [2.24, 2.45) is 10.8 Å². The highest BCUT2D eigenvalue weighted by Crippen LogP contribution is 2.70. The molecular weight excluding hydrogens is 172 g/mol. The van der Waals surface area contributed by atoms with Gasteiger partial charge in [-0.1, -0.05) is 20.8 Å². The van der Waals surface area contributed by atoms with Crippen molar-refractivity contribution in [3.8, 4) is 0 Å². The summed E-state index contributed by atoms with van der Waals surface area (Å²) in [6, 6.07) is 0. The lowest BCUT2D eigenvalue weighted by atomic mass is 9.70. The smallest absolute Gasteiger partial charge is 0.0616 e. The van der Waals surface area contributed by atoms with E-state index in [-0.39, 0.29) is 21.8 Å². The molecule has 0 amide bonds. The monoisotopic (exact) mass is 188 g/mol. The van der Waals surface area contributed by atoms with E-state index in [1.165, 1.54) is 0 Å². The first kappa shape index (κ1) is 8.83. The Morgan fingerprint density at radius 3 is 2.00 bits per heavy atom. The van der Waals surface area contributed by atoms with Crippen LogP contribution in [0.5, 0.6) is 0 Å². The normalized spacial score (nSPS) is 56.2. The number of alkyl halides is 1. The SMILES string of the molecule is CC1(C)[C@@]2(Cl)CC[C@]1(C)[C@@H](O)C2. The van der Waals surface area contributed by atoms with E-state index in [0.29, 0.717) is 0 Å². The summed E-state index contributed by atoms with van der Waals surface area (Å²) >= 11 is 6.51.